The maximum atomic E-state index is 12.9. The summed E-state index contributed by atoms with van der Waals surface area (Å²) in [5.41, 5.74) is 4.36. The van der Waals surface area contributed by atoms with E-state index >= 15 is 0 Å². The Morgan fingerprint density at radius 1 is 1.14 bits per heavy atom. The minimum Gasteiger partial charge on any atom is -0.450 e. The highest BCUT2D eigenvalue weighted by Gasteiger charge is 2.28. The van der Waals surface area contributed by atoms with Gasteiger partial charge in [-0.2, -0.15) is 4.98 Å². The monoisotopic (exact) mass is 503 g/mol. The molecule has 2 aromatic heterocycles. The number of nitrogens with one attached hydrogen (secondary N) is 1. The lowest BCUT2D eigenvalue weighted by molar-refractivity contribution is 0.0783. The second kappa shape index (κ2) is 10.6. The summed E-state index contributed by atoms with van der Waals surface area (Å²) in [7, 11) is 4.11. The number of carbonyl (C=O) groups excluding carboxylic acids is 2. The van der Waals surface area contributed by atoms with E-state index in [1.165, 1.54) is 0 Å². The second-order valence-electron chi connectivity index (χ2n) is 9.61. The highest BCUT2D eigenvalue weighted by atomic mass is 16.6. The Bertz CT molecular complexity index is 1320. The maximum absolute atomic E-state index is 12.9. The van der Waals surface area contributed by atoms with Gasteiger partial charge in [-0.25, -0.2) is 9.31 Å². The van der Waals surface area contributed by atoms with Crippen molar-refractivity contribution in [2.24, 2.45) is 0 Å². The number of hydrogen-bond acceptors (Lipinski definition) is 7. The minimum atomic E-state index is -0.282. The van der Waals surface area contributed by atoms with Crippen LogP contribution in [0.25, 0.3) is 11.2 Å². The number of aromatic nitrogens is 3. The summed E-state index contributed by atoms with van der Waals surface area (Å²) in [4.78, 5) is 35.4. The van der Waals surface area contributed by atoms with Crippen LogP contribution in [0, 0.1) is 0 Å². The van der Waals surface area contributed by atoms with E-state index in [1.807, 2.05) is 60.5 Å². The standard InChI is InChI=1S/C27H33N7O3/c1-4-37-27(36)32-15-11-19(12-16-32)23-6-5-14-34-24(23)29-26(30-34)28-21-9-7-20(8-10-21)25(35)33-17-13-22(18-33)31(2)3/h5-11,14,22H,4,12-13,15-18H2,1-3H3,(H,28,30)/t22-/m0/s1. The highest BCUT2D eigenvalue weighted by molar-refractivity contribution is 5.94. The van der Waals surface area contributed by atoms with Crippen molar-refractivity contribution < 1.29 is 14.3 Å². The molecular weight excluding hydrogens is 470 g/mol. The molecule has 2 aliphatic rings. The Morgan fingerprint density at radius 2 is 1.95 bits per heavy atom. The topological polar surface area (TPSA) is 95.3 Å². The fourth-order valence-electron chi connectivity index (χ4n) is 4.86. The van der Waals surface area contributed by atoms with Crippen molar-refractivity contribution in [1.29, 1.82) is 0 Å². The number of anilines is 2. The number of rotatable bonds is 6. The first-order chi connectivity index (χ1) is 17.9. The van der Waals surface area contributed by atoms with Gasteiger partial charge in [0, 0.05) is 55.2 Å². The molecule has 194 valence electrons. The zero-order valence-corrected chi connectivity index (χ0v) is 21.6. The van der Waals surface area contributed by atoms with Crippen LogP contribution in [-0.4, -0.2) is 94.2 Å². The molecule has 1 atom stereocenters. The van der Waals surface area contributed by atoms with Gasteiger partial charge in [0.25, 0.3) is 5.91 Å². The lowest BCUT2D eigenvalue weighted by Crippen LogP contribution is -2.35. The molecule has 4 heterocycles. The Labute approximate surface area is 216 Å². The van der Waals surface area contributed by atoms with Gasteiger partial charge in [-0.05, 0) is 75.8 Å². The van der Waals surface area contributed by atoms with Gasteiger partial charge in [0.15, 0.2) is 5.65 Å². The van der Waals surface area contributed by atoms with E-state index in [0.717, 1.165) is 48.4 Å². The van der Waals surface area contributed by atoms with Crippen LogP contribution in [0.1, 0.15) is 35.7 Å². The summed E-state index contributed by atoms with van der Waals surface area (Å²) in [6.07, 6.45) is 5.35. The van der Waals surface area contributed by atoms with E-state index < -0.39 is 0 Å². The van der Waals surface area contributed by atoms with E-state index in [4.69, 9.17) is 9.72 Å². The quantitative estimate of drug-likeness (QED) is 0.550. The third kappa shape index (κ3) is 5.29. The molecule has 0 unspecified atom stereocenters. The molecule has 2 aliphatic heterocycles. The lowest BCUT2D eigenvalue weighted by atomic mass is 10.0. The average molecular weight is 504 g/mol. The number of likely N-dealkylation sites (tertiary alicyclic amines) is 1. The van der Waals surface area contributed by atoms with Crippen LogP contribution in [-0.2, 0) is 4.74 Å². The van der Waals surface area contributed by atoms with Crippen LogP contribution in [0.5, 0.6) is 0 Å². The van der Waals surface area contributed by atoms with Crippen molar-refractivity contribution in [1.82, 2.24) is 29.3 Å². The van der Waals surface area contributed by atoms with E-state index in [0.29, 0.717) is 37.3 Å². The first-order valence-electron chi connectivity index (χ1n) is 12.7. The number of likely N-dealkylation sites (N-methyl/N-ethyl adjacent to an activating group) is 1. The Hall–Kier alpha value is -3.92. The van der Waals surface area contributed by atoms with Crippen molar-refractivity contribution in [3.63, 3.8) is 0 Å². The molecule has 5 rings (SSSR count). The molecule has 37 heavy (non-hydrogen) atoms. The normalized spacial score (nSPS) is 17.8. The van der Waals surface area contributed by atoms with Crippen molar-refractivity contribution >= 4 is 34.9 Å². The number of amides is 2. The molecule has 0 bridgehead atoms. The fourth-order valence-corrected chi connectivity index (χ4v) is 4.86. The van der Waals surface area contributed by atoms with Crippen LogP contribution in [0.3, 0.4) is 0 Å². The number of hydrogen-bond donors (Lipinski definition) is 1. The highest BCUT2D eigenvalue weighted by Crippen LogP contribution is 2.27. The predicted molar refractivity (Wildman–Crippen MR) is 142 cm³/mol. The number of benzene rings is 1. The zero-order chi connectivity index (χ0) is 25.9. The van der Waals surface area contributed by atoms with Gasteiger partial charge in [0.05, 0.1) is 6.61 Å². The third-order valence-corrected chi connectivity index (χ3v) is 7.01. The van der Waals surface area contributed by atoms with Crippen LogP contribution in [0.15, 0.2) is 48.7 Å². The minimum absolute atomic E-state index is 0.0636. The first-order valence-corrected chi connectivity index (χ1v) is 12.7. The molecule has 1 fully saturated rings. The largest absolute Gasteiger partial charge is 0.450 e. The van der Waals surface area contributed by atoms with Gasteiger partial charge in [-0.15, -0.1) is 5.10 Å². The lowest BCUT2D eigenvalue weighted by Gasteiger charge is -2.25. The molecule has 1 saturated heterocycles. The third-order valence-electron chi connectivity index (χ3n) is 7.01. The molecule has 1 N–H and O–H groups in total. The van der Waals surface area contributed by atoms with Gasteiger partial charge >= 0.3 is 6.09 Å². The molecule has 10 nitrogen and oxygen atoms in total. The number of fused-ring (bicyclic) bond motifs is 1. The van der Waals surface area contributed by atoms with Gasteiger partial charge in [-0.1, -0.05) is 6.08 Å². The van der Waals surface area contributed by atoms with Crippen molar-refractivity contribution in [2.75, 3.05) is 52.2 Å². The van der Waals surface area contributed by atoms with Gasteiger partial charge in [0.1, 0.15) is 0 Å². The van der Waals surface area contributed by atoms with Crippen LogP contribution in [0.4, 0.5) is 16.4 Å². The second-order valence-corrected chi connectivity index (χ2v) is 9.61. The smallest absolute Gasteiger partial charge is 0.410 e. The predicted octanol–water partition coefficient (Wildman–Crippen LogP) is 3.49. The summed E-state index contributed by atoms with van der Waals surface area (Å²) < 4.78 is 6.86. The van der Waals surface area contributed by atoms with E-state index in [9.17, 15) is 9.59 Å². The molecule has 1 aromatic carbocycles. The SMILES string of the molecule is CCOC(=O)N1CC=C(c2cccn3nc(Nc4ccc(C(=O)N5CC[C@H](N(C)C)C5)cc4)nc23)CC1. The molecule has 10 heteroatoms. The summed E-state index contributed by atoms with van der Waals surface area (Å²) in [5.74, 6) is 0.540. The molecule has 0 radical (unpaired) electrons. The van der Waals surface area contributed by atoms with Crippen molar-refractivity contribution in [3.05, 3.63) is 59.8 Å². The Balaban J connectivity index is 1.27. The summed E-state index contributed by atoms with van der Waals surface area (Å²) >= 11 is 0. The molecular formula is C27H33N7O3. The molecule has 0 spiro atoms. The maximum Gasteiger partial charge on any atom is 0.410 e. The van der Waals surface area contributed by atoms with E-state index in [1.54, 1.807) is 9.42 Å². The molecule has 0 aliphatic carbocycles. The molecule has 0 saturated carbocycles. The van der Waals surface area contributed by atoms with E-state index in [-0.39, 0.29) is 12.0 Å². The van der Waals surface area contributed by atoms with Crippen LogP contribution in [0.2, 0.25) is 0 Å². The van der Waals surface area contributed by atoms with Crippen LogP contribution >= 0.6 is 0 Å². The zero-order valence-electron chi connectivity index (χ0n) is 21.6. The molecule has 2 amide bonds. The first kappa shape index (κ1) is 24.8. The Morgan fingerprint density at radius 3 is 2.62 bits per heavy atom. The van der Waals surface area contributed by atoms with Crippen molar-refractivity contribution in [2.45, 2.75) is 25.8 Å². The summed E-state index contributed by atoms with van der Waals surface area (Å²) in [6.45, 7) is 4.83. The van der Waals surface area contributed by atoms with Gasteiger partial charge in [0.2, 0.25) is 5.95 Å². The summed E-state index contributed by atoms with van der Waals surface area (Å²) in [5, 5.41) is 7.83. The Kier molecular flexibility index (Phi) is 7.09. The number of nitrogens with zero attached hydrogens (tertiary/aromatic N) is 6. The number of ether oxygens (including phenoxy) is 1. The molecule has 3 aromatic rings. The van der Waals surface area contributed by atoms with Gasteiger partial charge < -0.3 is 24.8 Å². The average Bonchev–Trinajstić information content (AvgIpc) is 3.56. The van der Waals surface area contributed by atoms with Crippen molar-refractivity contribution in [3.8, 4) is 0 Å². The van der Waals surface area contributed by atoms with Crippen LogP contribution < -0.4 is 5.32 Å². The number of carbonyl (C=O) groups is 2. The van der Waals surface area contributed by atoms with E-state index in [2.05, 4.69) is 29.4 Å². The van der Waals surface area contributed by atoms with Gasteiger partial charge in [-0.3, -0.25) is 4.79 Å². The fraction of sp³-hybridized carbons (Fsp3) is 0.407. The summed E-state index contributed by atoms with van der Waals surface area (Å²) in [6, 6.07) is 11.8. The number of pyridine rings is 1.